The first-order valence-electron chi connectivity index (χ1n) is 4.85. The fourth-order valence-corrected chi connectivity index (χ4v) is 1.74. The third-order valence-electron chi connectivity index (χ3n) is 2.10. The van der Waals surface area contributed by atoms with Crippen LogP contribution in [0.5, 0.6) is 0 Å². The minimum absolute atomic E-state index is 0.242. The predicted molar refractivity (Wildman–Crippen MR) is 57.8 cm³/mol. The van der Waals surface area contributed by atoms with E-state index in [1.807, 2.05) is 18.2 Å². The van der Waals surface area contributed by atoms with Crippen molar-refractivity contribution in [2.75, 3.05) is 20.6 Å². The Bertz CT molecular complexity index is 303. The van der Waals surface area contributed by atoms with Gasteiger partial charge in [0, 0.05) is 12.5 Å². The SMILES string of the molecule is CC(=O)C[N+](C)(C)Cc1ccccc1. The lowest BCUT2D eigenvalue weighted by Crippen LogP contribution is -2.42. The van der Waals surface area contributed by atoms with Gasteiger partial charge in [0.2, 0.25) is 0 Å². The van der Waals surface area contributed by atoms with Gasteiger partial charge in [-0.2, -0.15) is 0 Å². The summed E-state index contributed by atoms with van der Waals surface area (Å²) in [6.07, 6.45) is 0. The molecule has 0 amide bonds. The second-order valence-corrected chi connectivity index (χ2v) is 4.44. The number of nitrogens with zero attached hydrogens (tertiary/aromatic N) is 1. The van der Waals surface area contributed by atoms with E-state index >= 15 is 0 Å². The quantitative estimate of drug-likeness (QED) is 0.665. The van der Waals surface area contributed by atoms with Crippen molar-refractivity contribution in [3.63, 3.8) is 0 Å². The standard InChI is InChI=1S/C12H18NO/c1-11(14)9-13(2,3)10-12-7-5-4-6-8-12/h4-8H,9-10H2,1-3H3/q+1. The highest BCUT2D eigenvalue weighted by Crippen LogP contribution is 2.08. The van der Waals surface area contributed by atoms with Crippen LogP contribution in [0.3, 0.4) is 0 Å². The molecule has 0 heterocycles. The van der Waals surface area contributed by atoms with Gasteiger partial charge in [0.25, 0.3) is 0 Å². The van der Waals surface area contributed by atoms with Crippen LogP contribution >= 0.6 is 0 Å². The first-order chi connectivity index (χ1) is 6.49. The molecule has 0 aliphatic rings. The van der Waals surface area contributed by atoms with Gasteiger partial charge < -0.3 is 4.48 Å². The number of rotatable bonds is 4. The van der Waals surface area contributed by atoms with Gasteiger partial charge in [-0.15, -0.1) is 0 Å². The highest BCUT2D eigenvalue weighted by molar-refractivity contribution is 5.76. The van der Waals surface area contributed by atoms with E-state index < -0.39 is 0 Å². The van der Waals surface area contributed by atoms with Gasteiger partial charge in [-0.1, -0.05) is 30.3 Å². The van der Waals surface area contributed by atoms with Crippen LogP contribution in [0.4, 0.5) is 0 Å². The van der Waals surface area contributed by atoms with Gasteiger partial charge in [0.05, 0.1) is 14.1 Å². The number of carbonyl (C=O) groups excluding carboxylic acids is 1. The number of likely N-dealkylation sites (N-methyl/N-ethyl adjacent to an activating group) is 1. The molecule has 2 nitrogen and oxygen atoms in total. The van der Waals surface area contributed by atoms with Gasteiger partial charge in [-0.05, 0) is 0 Å². The summed E-state index contributed by atoms with van der Waals surface area (Å²) in [5, 5.41) is 0. The van der Waals surface area contributed by atoms with Gasteiger partial charge in [-0.3, -0.25) is 4.79 Å². The molecule has 76 valence electrons. The first kappa shape index (κ1) is 10.9. The molecule has 1 aromatic carbocycles. The Morgan fingerprint density at radius 2 is 1.79 bits per heavy atom. The third-order valence-corrected chi connectivity index (χ3v) is 2.10. The average molecular weight is 192 g/mol. The molecule has 0 N–H and O–H groups in total. The van der Waals surface area contributed by atoms with Crippen molar-refractivity contribution in [3.05, 3.63) is 35.9 Å². The van der Waals surface area contributed by atoms with Crippen LogP contribution in [-0.4, -0.2) is 30.9 Å². The molecule has 0 bridgehead atoms. The van der Waals surface area contributed by atoms with Crippen LogP contribution in [0.1, 0.15) is 12.5 Å². The van der Waals surface area contributed by atoms with Crippen LogP contribution in [0.2, 0.25) is 0 Å². The predicted octanol–water partition coefficient (Wildman–Crippen LogP) is 1.85. The van der Waals surface area contributed by atoms with Gasteiger partial charge in [0.15, 0.2) is 5.78 Å². The molecule has 0 atom stereocenters. The van der Waals surface area contributed by atoms with Crippen molar-refractivity contribution in [1.82, 2.24) is 0 Å². The summed E-state index contributed by atoms with van der Waals surface area (Å²) in [5.74, 6) is 0.242. The molecule has 0 aromatic heterocycles. The molecular formula is C12H18NO+. The summed E-state index contributed by atoms with van der Waals surface area (Å²) in [6.45, 7) is 3.14. The Hall–Kier alpha value is -1.15. The number of ketones is 1. The summed E-state index contributed by atoms with van der Waals surface area (Å²) < 4.78 is 0.722. The molecule has 0 aliphatic heterocycles. The molecule has 1 rings (SSSR count). The second kappa shape index (κ2) is 4.38. The minimum Gasteiger partial charge on any atom is -0.319 e. The minimum atomic E-state index is 0.242. The first-order valence-corrected chi connectivity index (χ1v) is 4.85. The topological polar surface area (TPSA) is 17.1 Å². The molecule has 0 spiro atoms. The molecular weight excluding hydrogens is 174 g/mol. The van der Waals surface area contributed by atoms with Crippen molar-refractivity contribution in [2.45, 2.75) is 13.5 Å². The molecule has 0 saturated heterocycles. The molecule has 2 heteroatoms. The number of quaternary nitrogens is 1. The zero-order valence-electron chi connectivity index (χ0n) is 9.16. The van der Waals surface area contributed by atoms with Crippen LogP contribution in [0.15, 0.2) is 30.3 Å². The van der Waals surface area contributed by atoms with Crippen molar-refractivity contribution >= 4 is 5.78 Å². The van der Waals surface area contributed by atoms with Crippen LogP contribution in [0.25, 0.3) is 0 Å². The van der Waals surface area contributed by atoms with Crippen molar-refractivity contribution in [1.29, 1.82) is 0 Å². The van der Waals surface area contributed by atoms with E-state index in [2.05, 4.69) is 26.2 Å². The van der Waals surface area contributed by atoms with Gasteiger partial charge in [-0.25, -0.2) is 0 Å². The van der Waals surface area contributed by atoms with Crippen molar-refractivity contribution in [3.8, 4) is 0 Å². The van der Waals surface area contributed by atoms with Crippen molar-refractivity contribution < 1.29 is 9.28 Å². The van der Waals surface area contributed by atoms with Crippen LogP contribution < -0.4 is 0 Å². The van der Waals surface area contributed by atoms with Crippen LogP contribution in [-0.2, 0) is 11.3 Å². The van der Waals surface area contributed by atoms with E-state index in [4.69, 9.17) is 0 Å². The summed E-state index contributed by atoms with van der Waals surface area (Å²) in [4.78, 5) is 11.0. The van der Waals surface area contributed by atoms with E-state index in [9.17, 15) is 4.79 Å². The smallest absolute Gasteiger partial charge is 0.183 e. The zero-order chi connectivity index (χ0) is 10.6. The van der Waals surface area contributed by atoms with Gasteiger partial charge >= 0.3 is 0 Å². The molecule has 0 radical (unpaired) electrons. The summed E-state index contributed by atoms with van der Waals surface area (Å²) in [7, 11) is 4.16. The number of Topliss-reactive ketones (excluding diaryl/α,β-unsaturated/α-hetero) is 1. The Balaban J connectivity index is 2.63. The molecule has 0 unspecified atom stereocenters. The maximum Gasteiger partial charge on any atom is 0.183 e. The summed E-state index contributed by atoms with van der Waals surface area (Å²) in [5.41, 5.74) is 1.28. The summed E-state index contributed by atoms with van der Waals surface area (Å²) >= 11 is 0. The average Bonchev–Trinajstić information content (AvgIpc) is 2.02. The highest BCUT2D eigenvalue weighted by atomic mass is 16.1. The molecule has 0 saturated carbocycles. The number of hydrogen-bond donors (Lipinski definition) is 0. The van der Waals surface area contributed by atoms with E-state index in [-0.39, 0.29) is 5.78 Å². The van der Waals surface area contributed by atoms with E-state index in [0.29, 0.717) is 6.54 Å². The van der Waals surface area contributed by atoms with E-state index in [1.165, 1.54) is 5.56 Å². The van der Waals surface area contributed by atoms with E-state index in [0.717, 1.165) is 11.0 Å². The molecule has 14 heavy (non-hydrogen) atoms. The lowest BCUT2D eigenvalue weighted by atomic mass is 10.2. The Morgan fingerprint density at radius 1 is 1.21 bits per heavy atom. The second-order valence-electron chi connectivity index (χ2n) is 4.44. The maximum atomic E-state index is 11.0. The zero-order valence-corrected chi connectivity index (χ0v) is 9.16. The highest BCUT2D eigenvalue weighted by Gasteiger charge is 2.17. The normalized spacial score (nSPS) is 11.4. The van der Waals surface area contributed by atoms with E-state index in [1.54, 1.807) is 6.92 Å². The van der Waals surface area contributed by atoms with Crippen LogP contribution in [0, 0.1) is 0 Å². The Labute approximate surface area is 85.8 Å². The Kier molecular flexibility index (Phi) is 3.42. The lowest BCUT2D eigenvalue weighted by molar-refractivity contribution is -0.895. The fourth-order valence-electron chi connectivity index (χ4n) is 1.74. The number of benzene rings is 1. The number of hydrogen-bond acceptors (Lipinski definition) is 1. The van der Waals surface area contributed by atoms with Gasteiger partial charge in [0.1, 0.15) is 13.1 Å². The van der Waals surface area contributed by atoms with Crippen molar-refractivity contribution in [2.24, 2.45) is 0 Å². The number of carbonyl (C=O) groups is 1. The lowest BCUT2D eigenvalue weighted by Gasteiger charge is -2.28. The monoisotopic (exact) mass is 192 g/mol. The maximum absolute atomic E-state index is 11.0. The molecule has 0 aliphatic carbocycles. The largest absolute Gasteiger partial charge is 0.319 e. The third kappa shape index (κ3) is 3.71. The fraction of sp³-hybridized carbons (Fsp3) is 0.417. The summed E-state index contributed by atoms with van der Waals surface area (Å²) in [6, 6.07) is 10.3. The molecule has 1 aromatic rings. The Morgan fingerprint density at radius 3 is 2.29 bits per heavy atom. The molecule has 0 fully saturated rings.